The van der Waals surface area contributed by atoms with Crippen LogP contribution in [0.3, 0.4) is 0 Å². The van der Waals surface area contributed by atoms with Crippen LogP contribution in [0.2, 0.25) is 0 Å². The fourth-order valence-electron chi connectivity index (χ4n) is 14.2. The van der Waals surface area contributed by atoms with E-state index in [1.165, 1.54) is 0 Å². The summed E-state index contributed by atoms with van der Waals surface area (Å²) < 4.78 is 22.4. The molecular formula is C49H78I2O13. The van der Waals surface area contributed by atoms with Gasteiger partial charge in [-0.15, -0.1) is 0 Å². The Hall–Kier alpha value is -0.860. The molecule has 15 heteroatoms. The van der Waals surface area contributed by atoms with Crippen molar-refractivity contribution in [2.75, 3.05) is 13.2 Å². The molecule has 8 bridgehead atoms. The van der Waals surface area contributed by atoms with Gasteiger partial charge in [-0.2, -0.15) is 0 Å². The molecule has 0 aliphatic heterocycles. The Bertz CT molecular complexity index is 1840. The van der Waals surface area contributed by atoms with Crippen molar-refractivity contribution in [1.82, 2.24) is 0 Å². The van der Waals surface area contributed by atoms with Gasteiger partial charge in [0.2, 0.25) is 0 Å². The first-order chi connectivity index (χ1) is 28.8. The topological polar surface area (TPSA) is 184 Å². The Morgan fingerprint density at radius 2 is 0.812 bits per heavy atom. The van der Waals surface area contributed by atoms with E-state index in [0.29, 0.717) is 77.0 Å². The quantitative estimate of drug-likeness (QED) is 0.0296. The molecule has 8 saturated carbocycles. The van der Waals surface area contributed by atoms with Gasteiger partial charge in [0.25, 0.3) is 0 Å². The maximum atomic E-state index is 13.8. The van der Waals surface area contributed by atoms with Crippen molar-refractivity contribution < 1.29 is 63.2 Å². The van der Waals surface area contributed by atoms with Crippen LogP contribution < -0.4 is 0 Å². The monoisotopic (exact) mass is 1130 g/mol. The van der Waals surface area contributed by atoms with Crippen LogP contribution in [0.15, 0.2) is 0 Å². The lowest BCUT2D eigenvalue weighted by Crippen LogP contribution is -2.76. The molecule has 8 rings (SSSR count). The number of hydrogen-bond donors (Lipinski definition) is 3. The highest BCUT2D eigenvalue weighted by Gasteiger charge is 2.78. The molecule has 8 aliphatic carbocycles. The van der Waals surface area contributed by atoms with E-state index in [2.05, 4.69) is 0 Å². The van der Waals surface area contributed by atoms with Crippen molar-refractivity contribution in [2.24, 2.45) is 33.0 Å². The zero-order valence-corrected chi connectivity index (χ0v) is 45.4. The van der Waals surface area contributed by atoms with E-state index < -0.39 is 110 Å². The molecule has 3 N–H and O–H groups in total. The molecule has 0 aromatic heterocycles. The van der Waals surface area contributed by atoms with E-state index in [-0.39, 0.29) is 5.92 Å². The molecule has 8 unspecified atom stereocenters. The van der Waals surface area contributed by atoms with Crippen molar-refractivity contribution in [2.45, 2.75) is 233 Å². The van der Waals surface area contributed by atoms with Gasteiger partial charge in [-0.25, -0.2) is 19.4 Å². The van der Waals surface area contributed by atoms with Gasteiger partial charge in [0.15, 0.2) is 13.2 Å². The summed E-state index contributed by atoms with van der Waals surface area (Å²) in [5.41, 5.74) is -11.3. The molecule has 0 amide bonds. The second-order valence-electron chi connectivity index (χ2n) is 24.9. The summed E-state index contributed by atoms with van der Waals surface area (Å²) in [5.74, 6) is -2.15. The minimum absolute atomic E-state index is 0.120. The molecule has 13 nitrogen and oxygen atoms in total. The van der Waals surface area contributed by atoms with Crippen molar-refractivity contribution in [3.05, 3.63) is 0 Å². The average molecular weight is 1130 g/mol. The normalized spacial score (nSPS) is 37.7. The molecule has 0 aromatic carbocycles. The van der Waals surface area contributed by atoms with Gasteiger partial charge < -0.3 is 34.3 Å². The first-order valence-electron chi connectivity index (χ1n) is 23.5. The lowest BCUT2D eigenvalue weighted by molar-refractivity contribution is -0.463. The number of carbonyl (C=O) groups is 4. The van der Waals surface area contributed by atoms with Gasteiger partial charge in [0.05, 0.1) is 16.8 Å². The number of esters is 4. The van der Waals surface area contributed by atoms with Gasteiger partial charge >= 0.3 is 23.9 Å². The van der Waals surface area contributed by atoms with E-state index in [4.69, 9.17) is 28.7 Å². The first-order valence-corrected chi connectivity index (χ1v) is 25.6. The molecule has 8 aliphatic rings. The van der Waals surface area contributed by atoms with Crippen LogP contribution in [-0.4, -0.2) is 98.5 Å². The smallest absolute Gasteiger partial charge is 0.344 e. The van der Waals surface area contributed by atoms with Crippen molar-refractivity contribution in [3.8, 4) is 0 Å². The zero-order valence-electron chi connectivity index (χ0n) is 41.1. The second kappa shape index (κ2) is 16.1. The third-order valence-electron chi connectivity index (χ3n) is 18.4. The second-order valence-corrected chi connectivity index (χ2v) is 29.7. The van der Waals surface area contributed by atoms with E-state index in [0.717, 1.165) is 12.8 Å². The molecule has 0 heterocycles. The van der Waals surface area contributed by atoms with Crippen LogP contribution >= 0.6 is 45.2 Å². The summed E-state index contributed by atoms with van der Waals surface area (Å²) in [6, 6.07) is 0. The molecule has 0 aromatic rings. The number of aliphatic hydroxyl groups is 3. The SMILES string of the molecule is CCC(C)(I)C(=O)OCC(=O)OC12CC3CC(C(C)(C)O)(C1)CC(C(C)(C)OOC(C)(C)C14CC5(OC(=O)COC(=O)C(C)(I)CC)CC(C(C)(C)O)(CC(C(C)(C)O)(C5)C1)C4)(C3)C2. The fourth-order valence-corrected chi connectivity index (χ4v) is 14.5. The van der Waals surface area contributed by atoms with Crippen LogP contribution in [-0.2, 0) is 47.9 Å². The Kier molecular flexibility index (Phi) is 13.2. The van der Waals surface area contributed by atoms with Crippen LogP contribution in [0.1, 0.15) is 187 Å². The third kappa shape index (κ3) is 8.84. The summed E-state index contributed by atoms with van der Waals surface area (Å²) in [5, 5.41) is 36.3. The molecule has 0 radical (unpaired) electrons. The molecule has 0 saturated heterocycles. The van der Waals surface area contributed by atoms with Crippen molar-refractivity contribution in [1.29, 1.82) is 0 Å². The summed E-state index contributed by atoms with van der Waals surface area (Å²) >= 11 is 4.07. The molecule has 8 atom stereocenters. The highest BCUT2D eigenvalue weighted by atomic mass is 127. The Labute approximate surface area is 408 Å². The zero-order chi connectivity index (χ0) is 48.4. The standard InChI is InChI=1S/C49H78I2O13/c1-15-41(13,50)34(54)59-20-32(52)61-48-19-31-17-43(26-48,36(3,4)56)22-44(18-31,27-48)39(9,10)63-64-40(11,12)47-24-45(37(5,6)57)23-46(25-47,38(7,8)58)29-49(28-45,30-47)62-33(53)21-60-35(55)42(14,51)16-2/h31,56-58H,15-30H2,1-14H3. The van der Waals surface area contributed by atoms with Crippen molar-refractivity contribution in [3.63, 3.8) is 0 Å². The highest BCUT2D eigenvalue weighted by Crippen LogP contribution is 2.79. The Morgan fingerprint density at radius 3 is 1.23 bits per heavy atom. The number of alkyl halides is 2. The maximum absolute atomic E-state index is 13.8. The molecular weight excluding hydrogens is 1050 g/mol. The summed E-state index contributed by atoms with van der Waals surface area (Å²) in [7, 11) is 0. The molecule has 0 spiro atoms. The number of carbonyl (C=O) groups excluding carboxylic acids is 4. The third-order valence-corrected chi connectivity index (χ3v) is 20.8. The minimum atomic E-state index is -1.25. The Morgan fingerprint density at radius 1 is 0.484 bits per heavy atom. The lowest BCUT2D eigenvalue weighted by Gasteiger charge is -2.75. The van der Waals surface area contributed by atoms with E-state index in [1.54, 1.807) is 41.5 Å². The summed E-state index contributed by atoms with van der Waals surface area (Å²) in [4.78, 5) is 66.9. The van der Waals surface area contributed by atoms with Crippen LogP contribution in [0.25, 0.3) is 0 Å². The largest absolute Gasteiger partial charge is 0.456 e. The molecule has 366 valence electrons. The molecule has 8 fully saturated rings. The number of halogens is 2. The van der Waals surface area contributed by atoms with E-state index in [9.17, 15) is 34.5 Å². The summed E-state index contributed by atoms with van der Waals surface area (Å²) in [6.07, 6.45) is 7.45. The maximum Gasteiger partial charge on any atom is 0.344 e. The number of rotatable bonds is 18. The first kappa shape index (κ1) is 52.5. The number of ether oxygens (including phenoxy) is 4. The van der Waals surface area contributed by atoms with Crippen LogP contribution in [0.5, 0.6) is 0 Å². The average Bonchev–Trinajstić information content (AvgIpc) is 3.12. The number of hydrogen-bond acceptors (Lipinski definition) is 13. The lowest BCUT2D eigenvalue weighted by atomic mass is 9.32. The van der Waals surface area contributed by atoms with E-state index in [1.807, 2.05) is 101 Å². The van der Waals surface area contributed by atoms with Gasteiger partial charge in [-0.05, 0) is 179 Å². The van der Waals surface area contributed by atoms with E-state index >= 15 is 0 Å². The van der Waals surface area contributed by atoms with Crippen LogP contribution in [0.4, 0.5) is 0 Å². The van der Waals surface area contributed by atoms with Gasteiger partial charge in [0.1, 0.15) is 29.2 Å². The predicted molar refractivity (Wildman–Crippen MR) is 255 cm³/mol. The van der Waals surface area contributed by atoms with Gasteiger partial charge in [0, 0.05) is 27.1 Å². The predicted octanol–water partition coefficient (Wildman–Crippen LogP) is 8.97. The molecule has 64 heavy (non-hydrogen) atoms. The van der Waals surface area contributed by atoms with Gasteiger partial charge in [-0.3, -0.25) is 9.59 Å². The Balaban J connectivity index is 1.31. The fraction of sp³-hybridized carbons (Fsp3) is 0.918. The minimum Gasteiger partial charge on any atom is -0.456 e. The highest BCUT2D eigenvalue weighted by molar-refractivity contribution is 14.1. The van der Waals surface area contributed by atoms with Crippen LogP contribution in [0, 0.1) is 33.0 Å². The van der Waals surface area contributed by atoms with Crippen molar-refractivity contribution >= 4 is 69.1 Å². The summed E-state index contributed by atoms with van der Waals surface area (Å²) in [6.45, 7) is 25.1. The van der Waals surface area contributed by atoms with Gasteiger partial charge in [-0.1, -0.05) is 59.0 Å².